The zero-order chi connectivity index (χ0) is 12.1. The lowest BCUT2D eigenvalue weighted by molar-refractivity contribution is 0.295. The Morgan fingerprint density at radius 2 is 1.47 bits per heavy atom. The van der Waals surface area contributed by atoms with Gasteiger partial charge in [0.25, 0.3) is 0 Å². The second kappa shape index (κ2) is 5.89. The minimum absolute atomic E-state index is 0.301. The highest BCUT2D eigenvalue weighted by Gasteiger charge is 2.18. The number of rotatable bonds is 6. The van der Waals surface area contributed by atoms with Gasteiger partial charge in [0.1, 0.15) is 0 Å². The molecule has 0 bridgehead atoms. The molecule has 1 N–H and O–H groups in total. The molecule has 0 aromatic carbocycles. The van der Waals surface area contributed by atoms with Gasteiger partial charge in [-0.15, -0.1) is 0 Å². The van der Waals surface area contributed by atoms with Crippen LogP contribution in [0.15, 0.2) is 0 Å². The predicted molar refractivity (Wildman–Crippen MR) is 70.2 cm³/mol. The van der Waals surface area contributed by atoms with Crippen molar-refractivity contribution in [1.82, 2.24) is 5.32 Å². The second-order valence-corrected chi connectivity index (χ2v) is 7.05. The molecule has 1 heteroatoms. The van der Waals surface area contributed by atoms with Crippen molar-refractivity contribution in [1.29, 1.82) is 0 Å². The van der Waals surface area contributed by atoms with E-state index in [1.165, 1.54) is 19.3 Å². The van der Waals surface area contributed by atoms with Crippen molar-refractivity contribution in [3.05, 3.63) is 0 Å². The molecule has 0 aromatic rings. The molecule has 0 amide bonds. The van der Waals surface area contributed by atoms with Crippen molar-refractivity contribution in [2.45, 2.75) is 73.3 Å². The Kier molecular flexibility index (Phi) is 5.87. The van der Waals surface area contributed by atoms with Crippen LogP contribution in [0.4, 0.5) is 0 Å². The molecule has 0 saturated heterocycles. The average molecular weight is 213 g/mol. The van der Waals surface area contributed by atoms with Gasteiger partial charge in [0, 0.05) is 5.54 Å². The van der Waals surface area contributed by atoms with Crippen LogP contribution in [0.3, 0.4) is 0 Å². The summed E-state index contributed by atoms with van der Waals surface area (Å²) in [5.41, 5.74) is 0.747. The number of nitrogens with one attached hydrogen (secondary N) is 1. The van der Waals surface area contributed by atoms with Gasteiger partial charge in [0.05, 0.1) is 0 Å². The number of hydrogen-bond acceptors (Lipinski definition) is 1. The van der Waals surface area contributed by atoms with Crippen LogP contribution in [-0.4, -0.2) is 12.1 Å². The van der Waals surface area contributed by atoms with E-state index in [9.17, 15) is 0 Å². The lowest BCUT2D eigenvalue weighted by Crippen LogP contribution is -2.40. The average Bonchev–Trinajstić information content (AvgIpc) is 1.98. The Morgan fingerprint density at radius 1 is 0.933 bits per heavy atom. The van der Waals surface area contributed by atoms with Crippen molar-refractivity contribution in [3.63, 3.8) is 0 Å². The van der Waals surface area contributed by atoms with Crippen LogP contribution >= 0.6 is 0 Å². The lowest BCUT2D eigenvalue weighted by atomic mass is 9.90. The molecule has 0 rings (SSSR count). The van der Waals surface area contributed by atoms with E-state index in [1.54, 1.807) is 0 Å². The quantitative estimate of drug-likeness (QED) is 0.696. The fourth-order valence-electron chi connectivity index (χ4n) is 1.51. The summed E-state index contributed by atoms with van der Waals surface area (Å²) < 4.78 is 0. The largest absolute Gasteiger partial charge is 0.312 e. The van der Waals surface area contributed by atoms with Crippen LogP contribution in [-0.2, 0) is 0 Å². The smallest absolute Gasteiger partial charge is 0.0125 e. The Morgan fingerprint density at radius 3 is 1.87 bits per heavy atom. The SMILES string of the molecule is CC(C)CCC(C)(C)NCCC(C)(C)C. The predicted octanol–water partition coefficient (Wildman–Crippen LogP) is 4.23. The summed E-state index contributed by atoms with van der Waals surface area (Å²) >= 11 is 0. The molecule has 0 fully saturated rings. The Balaban J connectivity index is 3.74. The standard InChI is InChI=1S/C14H31N/c1-12(2)8-9-14(6,7)15-11-10-13(3,4)5/h12,15H,8-11H2,1-7H3. The van der Waals surface area contributed by atoms with E-state index in [4.69, 9.17) is 0 Å². The molecule has 0 atom stereocenters. The van der Waals surface area contributed by atoms with Crippen LogP contribution in [0.1, 0.15) is 67.7 Å². The molecular weight excluding hydrogens is 182 g/mol. The van der Waals surface area contributed by atoms with Crippen molar-refractivity contribution in [2.75, 3.05) is 6.54 Å². The van der Waals surface area contributed by atoms with Gasteiger partial charge in [-0.2, -0.15) is 0 Å². The van der Waals surface area contributed by atoms with E-state index in [0.29, 0.717) is 11.0 Å². The van der Waals surface area contributed by atoms with Gasteiger partial charge in [0.2, 0.25) is 0 Å². The normalized spacial score (nSPS) is 13.6. The summed E-state index contributed by atoms with van der Waals surface area (Å²) in [7, 11) is 0. The van der Waals surface area contributed by atoms with Crippen LogP contribution in [0.2, 0.25) is 0 Å². The van der Waals surface area contributed by atoms with E-state index >= 15 is 0 Å². The molecule has 0 aromatic heterocycles. The van der Waals surface area contributed by atoms with Gasteiger partial charge in [-0.1, -0.05) is 34.6 Å². The van der Waals surface area contributed by atoms with Gasteiger partial charge in [-0.3, -0.25) is 0 Å². The first-order valence-electron chi connectivity index (χ1n) is 6.37. The summed E-state index contributed by atoms with van der Waals surface area (Å²) in [5.74, 6) is 0.814. The molecule has 15 heavy (non-hydrogen) atoms. The monoisotopic (exact) mass is 213 g/mol. The maximum absolute atomic E-state index is 3.67. The maximum atomic E-state index is 3.67. The number of hydrogen-bond donors (Lipinski definition) is 1. The van der Waals surface area contributed by atoms with Crippen LogP contribution in [0.5, 0.6) is 0 Å². The van der Waals surface area contributed by atoms with E-state index in [0.717, 1.165) is 12.5 Å². The Bertz CT molecular complexity index is 163. The summed E-state index contributed by atoms with van der Waals surface area (Å²) in [6, 6.07) is 0. The van der Waals surface area contributed by atoms with Gasteiger partial charge in [-0.05, 0) is 51.0 Å². The Hall–Kier alpha value is -0.0400. The van der Waals surface area contributed by atoms with E-state index < -0.39 is 0 Å². The molecule has 0 aliphatic rings. The first-order valence-corrected chi connectivity index (χ1v) is 6.37. The summed E-state index contributed by atoms with van der Waals surface area (Å²) in [5, 5.41) is 3.67. The summed E-state index contributed by atoms with van der Waals surface area (Å²) in [4.78, 5) is 0. The molecule has 0 radical (unpaired) electrons. The highest BCUT2D eigenvalue weighted by atomic mass is 14.9. The van der Waals surface area contributed by atoms with Crippen LogP contribution in [0.25, 0.3) is 0 Å². The van der Waals surface area contributed by atoms with E-state index in [-0.39, 0.29) is 0 Å². The summed E-state index contributed by atoms with van der Waals surface area (Å²) in [6.07, 6.45) is 3.84. The third-order valence-electron chi connectivity index (χ3n) is 2.83. The molecular formula is C14H31N. The third-order valence-corrected chi connectivity index (χ3v) is 2.83. The molecule has 0 saturated carbocycles. The van der Waals surface area contributed by atoms with Gasteiger partial charge < -0.3 is 5.32 Å². The van der Waals surface area contributed by atoms with Crippen molar-refractivity contribution in [3.8, 4) is 0 Å². The highest BCUT2D eigenvalue weighted by Crippen LogP contribution is 2.19. The van der Waals surface area contributed by atoms with E-state index in [1.807, 2.05) is 0 Å². The van der Waals surface area contributed by atoms with Crippen molar-refractivity contribution >= 4 is 0 Å². The maximum Gasteiger partial charge on any atom is 0.0125 e. The molecule has 0 unspecified atom stereocenters. The summed E-state index contributed by atoms with van der Waals surface area (Å²) in [6.45, 7) is 17.3. The first kappa shape index (κ1) is 15.0. The van der Waals surface area contributed by atoms with E-state index in [2.05, 4.69) is 53.8 Å². The second-order valence-electron chi connectivity index (χ2n) is 7.05. The molecule has 0 heterocycles. The molecule has 0 aliphatic heterocycles. The van der Waals surface area contributed by atoms with Crippen molar-refractivity contribution in [2.24, 2.45) is 11.3 Å². The fourth-order valence-corrected chi connectivity index (χ4v) is 1.51. The van der Waals surface area contributed by atoms with Gasteiger partial charge in [-0.25, -0.2) is 0 Å². The first-order chi connectivity index (χ1) is 6.62. The molecule has 1 nitrogen and oxygen atoms in total. The minimum atomic E-state index is 0.301. The third kappa shape index (κ3) is 10.2. The molecule has 0 aliphatic carbocycles. The Labute approximate surface area is 97.0 Å². The minimum Gasteiger partial charge on any atom is -0.312 e. The van der Waals surface area contributed by atoms with Crippen molar-refractivity contribution < 1.29 is 0 Å². The zero-order valence-corrected chi connectivity index (χ0v) is 11.9. The highest BCUT2D eigenvalue weighted by molar-refractivity contribution is 4.78. The van der Waals surface area contributed by atoms with Gasteiger partial charge in [0.15, 0.2) is 0 Å². The zero-order valence-electron chi connectivity index (χ0n) is 11.9. The van der Waals surface area contributed by atoms with Crippen LogP contribution < -0.4 is 5.32 Å². The van der Waals surface area contributed by atoms with Crippen LogP contribution in [0, 0.1) is 11.3 Å². The topological polar surface area (TPSA) is 12.0 Å². The molecule has 92 valence electrons. The fraction of sp³-hybridized carbons (Fsp3) is 1.00. The van der Waals surface area contributed by atoms with Gasteiger partial charge >= 0.3 is 0 Å². The lowest BCUT2D eigenvalue weighted by Gasteiger charge is -2.29. The molecule has 0 spiro atoms.